The van der Waals surface area contributed by atoms with E-state index in [-0.39, 0.29) is 5.91 Å². The van der Waals surface area contributed by atoms with Crippen LogP contribution in [0.15, 0.2) is 69.8 Å². The third-order valence-electron chi connectivity index (χ3n) is 3.14. The lowest BCUT2D eigenvalue weighted by atomic mass is 10.2. The van der Waals surface area contributed by atoms with Crippen LogP contribution in [0.3, 0.4) is 0 Å². The predicted octanol–water partition coefficient (Wildman–Crippen LogP) is 4.03. The fraction of sp³-hybridized carbons (Fsp3) is 0.0588. The minimum atomic E-state index is -0.172. The second-order valence-electron chi connectivity index (χ2n) is 4.70. The molecule has 1 amide bonds. The van der Waals surface area contributed by atoms with Gasteiger partial charge in [-0.15, -0.1) is 0 Å². The number of nitrogens with zero attached hydrogens (tertiary/aromatic N) is 1. The maximum absolute atomic E-state index is 11.9. The van der Waals surface area contributed by atoms with Crippen molar-refractivity contribution in [1.29, 1.82) is 0 Å². The summed E-state index contributed by atoms with van der Waals surface area (Å²) in [5, 5.41) is 2.81. The quantitative estimate of drug-likeness (QED) is 0.767. The first kappa shape index (κ1) is 14.5. The summed E-state index contributed by atoms with van der Waals surface area (Å²) >= 11 is 3.40. The van der Waals surface area contributed by atoms with E-state index in [1.807, 2.05) is 36.4 Å². The molecule has 1 N–H and O–H groups in total. The number of carbonyl (C=O) groups excluding carboxylic acids is 1. The van der Waals surface area contributed by atoms with Crippen molar-refractivity contribution < 1.29 is 9.21 Å². The van der Waals surface area contributed by atoms with Crippen LogP contribution in [0.25, 0.3) is 11.3 Å². The molecule has 0 bridgehead atoms. The zero-order valence-corrected chi connectivity index (χ0v) is 13.2. The van der Waals surface area contributed by atoms with E-state index in [9.17, 15) is 4.79 Å². The lowest BCUT2D eigenvalue weighted by molar-refractivity contribution is 0.0947. The van der Waals surface area contributed by atoms with Crippen molar-refractivity contribution in [2.75, 3.05) is 0 Å². The zero-order chi connectivity index (χ0) is 15.4. The number of pyridine rings is 1. The van der Waals surface area contributed by atoms with E-state index in [1.54, 1.807) is 18.3 Å². The summed E-state index contributed by atoms with van der Waals surface area (Å²) in [6.07, 6.45) is 3.17. The maximum Gasteiger partial charge on any atom is 0.253 e. The summed E-state index contributed by atoms with van der Waals surface area (Å²) in [4.78, 5) is 15.9. The Kier molecular flexibility index (Phi) is 4.34. The van der Waals surface area contributed by atoms with Gasteiger partial charge in [0.2, 0.25) is 0 Å². The Morgan fingerprint density at radius 3 is 2.68 bits per heavy atom. The topological polar surface area (TPSA) is 55.1 Å². The molecule has 2 aromatic heterocycles. The number of halogens is 1. The summed E-state index contributed by atoms with van der Waals surface area (Å²) in [5.41, 5.74) is 1.52. The highest BCUT2D eigenvalue weighted by Crippen LogP contribution is 2.23. The summed E-state index contributed by atoms with van der Waals surface area (Å²) in [6, 6.07) is 15.1. The number of hydrogen-bond donors (Lipinski definition) is 1. The van der Waals surface area contributed by atoms with Crippen molar-refractivity contribution in [1.82, 2.24) is 10.3 Å². The van der Waals surface area contributed by atoms with Crippen LogP contribution in [-0.2, 0) is 6.54 Å². The van der Waals surface area contributed by atoms with Gasteiger partial charge in [0.05, 0.1) is 12.1 Å². The Morgan fingerprint density at radius 2 is 1.95 bits per heavy atom. The van der Waals surface area contributed by atoms with Crippen molar-refractivity contribution in [2.45, 2.75) is 6.54 Å². The molecular formula is C17H13BrN2O2. The van der Waals surface area contributed by atoms with Crippen LogP contribution in [0.4, 0.5) is 0 Å². The molecule has 2 heterocycles. The predicted molar refractivity (Wildman–Crippen MR) is 87.3 cm³/mol. The normalized spacial score (nSPS) is 10.4. The molecule has 0 unspecified atom stereocenters. The third-order valence-corrected chi connectivity index (χ3v) is 3.67. The van der Waals surface area contributed by atoms with Crippen LogP contribution in [0.2, 0.25) is 0 Å². The number of hydrogen-bond acceptors (Lipinski definition) is 3. The highest BCUT2D eigenvalue weighted by Gasteiger charge is 2.08. The number of rotatable bonds is 4. The summed E-state index contributed by atoms with van der Waals surface area (Å²) in [6.45, 7) is 0.338. The molecule has 5 heteroatoms. The minimum Gasteiger partial charge on any atom is -0.459 e. The molecule has 22 heavy (non-hydrogen) atoms. The Morgan fingerprint density at radius 1 is 1.14 bits per heavy atom. The highest BCUT2D eigenvalue weighted by atomic mass is 79.9. The van der Waals surface area contributed by atoms with E-state index < -0.39 is 0 Å². The van der Waals surface area contributed by atoms with E-state index in [2.05, 4.69) is 26.2 Å². The first-order valence-electron chi connectivity index (χ1n) is 6.75. The number of nitrogens with one attached hydrogen (secondary N) is 1. The minimum absolute atomic E-state index is 0.172. The fourth-order valence-corrected chi connectivity index (χ4v) is 2.27. The fourth-order valence-electron chi connectivity index (χ4n) is 2.01. The van der Waals surface area contributed by atoms with Gasteiger partial charge in [0, 0.05) is 22.4 Å². The Hall–Kier alpha value is -2.40. The molecule has 0 aliphatic heterocycles. The van der Waals surface area contributed by atoms with Crippen molar-refractivity contribution in [2.24, 2.45) is 0 Å². The first-order chi connectivity index (χ1) is 10.7. The molecule has 0 saturated heterocycles. The van der Waals surface area contributed by atoms with Gasteiger partial charge in [-0.3, -0.25) is 9.78 Å². The molecule has 0 spiro atoms. The second kappa shape index (κ2) is 6.58. The molecule has 0 saturated carbocycles. The van der Waals surface area contributed by atoms with Crippen molar-refractivity contribution >= 4 is 21.8 Å². The lowest BCUT2D eigenvalue weighted by Gasteiger charge is -2.02. The van der Waals surface area contributed by atoms with Crippen molar-refractivity contribution in [3.8, 4) is 11.3 Å². The third kappa shape index (κ3) is 3.43. The number of aromatic nitrogens is 1. The van der Waals surface area contributed by atoms with Gasteiger partial charge in [0.25, 0.3) is 5.91 Å². The van der Waals surface area contributed by atoms with Gasteiger partial charge in [-0.2, -0.15) is 0 Å². The van der Waals surface area contributed by atoms with Crippen LogP contribution >= 0.6 is 15.9 Å². The van der Waals surface area contributed by atoms with E-state index in [0.717, 1.165) is 15.8 Å². The average molecular weight is 357 g/mol. The van der Waals surface area contributed by atoms with E-state index in [4.69, 9.17) is 4.42 Å². The first-order valence-corrected chi connectivity index (χ1v) is 7.54. The zero-order valence-electron chi connectivity index (χ0n) is 11.6. The average Bonchev–Trinajstić information content (AvgIpc) is 3.03. The Balaban J connectivity index is 1.65. The van der Waals surface area contributed by atoms with Gasteiger partial charge >= 0.3 is 0 Å². The van der Waals surface area contributed by atoms with Gasteiger partial charge in [0.1, 0.15) is 11.5 Å². The van der Waals surface area contributed by atoms with Crippen LogP contribution in [0.1, 0.15) is 16.1 Å². The SMILES string of the molecule is O=C(NCc1ccc(-c2ccc(Br)cc2)o1)c1cccnc1. The second-order valence-corrected chi connectivity index (χ2v) is 5.61. The van der Waals surface area contributed by atoms with Gasteiger partial charge in [0.15, 0.2) is 0 Å². The largest absolute Gasteiger partial charge is 0.459 e. The monoisotopic (exact) mass is 356 g/mol. The molecule has 1 aromatic carbocycles. The standard InChI is InChI=1S/C17H13BrN2O2/c18-14-5-3-12(4-6-14)16-8-7-15(22-16)11-20-17(21)13-2-1-9-19-10-13/h1-10H,11H2,(H,20,21). The molecule has 0 aliphatic rings. The summed E-state index contributed by atoms with van der Waals surface area (Å²) in [7, 11) is 0. The summed E-state index contributed by atoms with van der Waals surface area (Å²) < 4.78 is 6.77. The molecular weight excluding hydrogens is 344 g/mol. The van der Waals surface area contributed by atoms with Crippen LogP contribution in [0, 0.1) is 0 Å². The number of benzene rings is 1. The number of furan rings is 1. The van der Waals surface area contributed by atoms with E-state index >= 15 is 0 Å². The van der Waals surface area contributed by atoms with Gasteiger partial charge in [-0.1, -0.05) is 28.1 Å². The maximum atomic E-state index is 11.9. The van der Waals surface area contributed by atoms with Crippen LogP contribution in [0.5, 0.6) is 0 Å². The molecule has 3 rings (SSSR count). The molecule has 0 fully saturated rings. The summed E-state index contributed by atoms with van der Waals surface area (Å²) in [5.74, 6) is 1.31. The molecule has 4 nitrogen and oxygen atoms in total. The molecule has 0 radical (unpaired) electrons. The van der Waals surface area contributed by atoms with Crippen molar-refractivity contribution in [3.63, 3.8) is 0 Å². The van der Waals surface area contributed by atoms with Crippen LogP contribution in [-0.4, -0.2) is 10.9 Å². The van der Waals surface area contributed by atoms with E-state index in [1.165, 1.54) is 6.20 Å². The molecule has 110 valence electrons. The molecule has 3 aromatic rings. The Bertz CT molecular complexity index is 767. The number of amides is 1. The van der Waals surface area contributed by atoms with E-state index in [0.29, 0.717) is 17.9 Å². The van der Waals surface area contributed by atoms with Crippen molar-refractivity contribution in [3.05, 3.63) is 76.7 Å². The van der Waals surface area contributed by atoms with Crippen LogP contribution < -0.4 is 5.32 Å². The smallest absolute Gasteiger partial charge is 0.253 e. The molecule has 0 atom stereocenters. The van der Waals surface area contributed by atoms with Gasteiger partial charge < -0.3 is 9.73 Å². The Labute approximate surface area is 136 Å². The number of carbonyl (C=O) groups is 1. The lowest BCUT2D eigenvalue weighted by Crippen LogP contribution is -2.22. The van der Waals surface area contributed by atoms with Gasteiger partial charge in [-0.25, -0.2) is 0 Å². The van der Waals surface area contributed by atoms with Gasteiger partial charge in [-0.05, 0) is 36.4 Å². The highest BCUT2D eigenvalue weighted by molar-refractivity contribution is 9.10. The molecule has 0 aliphatic carbocycles.